The molecule has 1 aromatic carbocycles. The van der Waals surface area contributed by atoms with Crippen molar-refractivity contribution >= 4 is 35.0 Å². The Kier molecular flexibility index (Phi) is 8.06. The molecule has 1 amide bonds. The summed E-state index contributed by atoms with van der Waals surface area (Å²) in [5.74, 6) is -0.0419. The van der Waals surface area contributed by atoms with Gasteiger partial charge in [-0.3, -0.25) is 4.79 Å². The van der Waals surface area contributed by atoms with Crippen molar-refractivity contribution in [1.82, 2.24) is 9.88 Å². The lowest BCUT2D eigenvalue weighted by atomic mass is 10.2. The Morgan fingerprint density at radius 1 is 1.33 bits per heavy atom. The molecule has 2 rings (SSSR count). The molecule has 0 aliphatic rings. The van der Waals surface area contributed by atoms with E-state index in [9.17, 15) is 9.59 Å². The van der Waals surface area contributed by atoms with Crippen molar-refractivity contribution < 1.29 is 14.3 Å². The summed E-state index contributed by atoms with van der Waals surface area (Å²) in [5.41, 5.74) is 2.33. The smallest absolute Gasteiger partial charge is 0.339 e. The molecule has 1 heterocycles. The Hall–Kier alpha value is -2.12. The highest BCUT2D eigenvalue weighted by molar-refractivity contribution is 7.98. The number of amides is 1. The van der Waals surface area contributed by atoms with E-state index >= 15 is 0 Å². The Labute approximate surface area is 168 Å². The summed E-state index contributed by atoms with van der Waals surface area (Å²) in [5, 5.41) is 3.04. The molecule has 0 saturated heterocycles. The first-order chi connectivity index (χ1) is 12.9. The summed E-state index contributed by atoms with van der Waals surface area (Å²) < 4.78 is 5.26. The van der Waals surface area contributed by atoms with Crippen LogP contribution in [-0.2, 0) is 15.3 Å². The standard InChI is InChI=1S/C20H24N2O3S2/c1-5-22(10-14(2)3)19(23)11-25-20(24)17-8-6-7-9-18(17)27-13-16-12-26-15(4)21-16/h6-9,12H,2,5,10-11,13H2,1,3-4H3. The van der Waals surface area contributed by atoms with Gasteiger partial charge >= 0.3 is 5.97 Å². The molecule has 0 unspecified atom stereocenters. The largest absolute Gasteiger partial charge is 0.452 e. The number of hydrogen-bond donors (Lipinski definition) is 0. The average molecular weight is 405 g/mol. The Morgan fingerprint density at radius 2 is 2.07 bits per heavy atom. The topological polar surface area (TPSA) is 59.5 Å². The van der Waals surface area contributed by atoms with E-state index in [2.05, 4.69) is 11.6 Å². The number of esters is 1. The van der Waals surface area contributed by atoms with E-state index in [0.29, 0.717) is 24.4 Å². The van der Waals surface area contributed by atoms with E-state index in [1.165, 1.54) is 11.8 Å². The monoisotopic (exact) mass is 404 g/mol. The maximum atomic E-state index is 12.5. The van der Waals surface area contributed by atoms with Crippen molar-refractivity contribution in [3.05, 3.63) is 58.1 Å². The van der Waals surface area contributed by atoms with Gasteiger partial charge in [-0.25, -0.2) is 9.78 Å². The number of nitrogens with zero attached hydrogens (tertiary/aromatic N) is 2. The van der Waals surface area contributed by atoms with Crippen LogP contribution >= 0.6 is 23.1 Å². The van der Waals surface area contributed by atoms with Crippen molar-refractivity contribution in [2.75, 3.05) is 19.7 Å². The summed E-state index contributed by atoms with van der Waals surface area (Å²) in [6, 6.07) is 7.26. The molecule has 144 valence electrons. The number of benzene rings is 1. The second-order valence-corrected chi connectivity index (χ2v) is 8.16. The molecule has 0 atom stereocenters. The molecule has 0 radical (unpaired) electrons. The summed E-state index contributed by atoms with van der Waals surface area (Å²) in [6.07, 6.45) is 0. The molecule has 0 aliphatic heterocycles. The molecule has 0 aliphatic carbocycles. The molecule has 27 heavy (non-hydrogen) atoms. The summed E-state index contributed by atoms with van der Waals surface area (Å²) in [6.45, 7) is 10.3. The van der Waals surface area contributed by atoms with Crippen molar-refractivity contribution in [2.24, 2.45) is 0 Å². The van der Waals surface area contributed by atoms with Crippen LogP contribution in [0.4, 0.5) is 0 Å². The average Bonchev–Trinajstić information content (AvgIpc) is 3.07. The van der Waals surface area contributed by atoms with Gasteiger partial charge in [-0.05, 0) is 32.9 Å². The molecule has 2 aromatic rings. The number of aromatic nitrogens is 1. The first kappa shape index (κ1) is 21.2. The maximum absolute atomic E-state index is 12.5. The molecule has 1 aromatic heterocycles. The van der Waals surface area contributed by atoms with Crippen LogP contribution in [-0.4, -0.2) is 41.5 Å². The lowest BCUT2D eigenvalue weighted by molar-refractivity contribution is -0.133. The zero-order valence-corrected chi connectivity index (χ0v) is 17.5. The second kappa shape index (κ2) is 10.3. The highest BCUT2D eigenvalue weighted by Crippen LogP contribution is 2.27. The van der Waals surface area contributed by atoms with Gasteiger partial charge in [0.2, 0.25) is 0 Å². The van der Waals surface area contributed by atoms with Crippen LogP contribution < -0.4 is 0 Å². The number of hydrogen-bond acceptors (Lipinski definition) is 6. The first-order valence-corrected chi connectivity index (χ1v) is 10.5. The van der Waals surface area contributed by atoms with Crippen LogP contribution in [0.25, 0.3) is 0 Å². The SMILES string of the molecule is C=C(C)CN(CC)C(=O)COC(=O)c1ccccc1SCc1csc(C)n1. The van der Waals surface area contributed by atoms with E-state index < -0.39 is 5.97 Å². The van der Waals surface area contributed by atoms with Crippen LogP contribution in [0.15, 0.2) is 46.7 Å². The van der Waals surface area contributed by atoms with Crippen molar-refractivity contribution in [3.63, 3.8) is 0 Å². The normalized spacial score (nSPS) is 10.5. The number of thioether (sulfide) groups is 1. The molecule has 7 heteroatoms. The third-order valence-electron chi connectivity index (χ3n) is 3.67. The van der Waals surface area contributed by atoms with Gasteiger partial charge in [0.05, 0.1) is 16.3 Å². The fourth-order valence-electron chi connectivity index (χ4n) is 2.39. The third-order valence-corrected chi connectivity index (χ3v) is 5.60. The highest BCUT2D eigenvalue weighted by Gasteiger charge is 2.17. The number of aryl methyl sites for hydroxylation is 1. The molecule has 0 fully saturated rings. The van der Waals surface area contributed by atoms with Crippen LogP contribution in [0.2, 0.25) is 0 Å². The minimum atomic E-state index is -0.493. The number of rotatable bonds is 9. The molecular formula is C20H24N2O3S2. The Morgan fingerprint density at radius 3 is 2.70 bits per heavy atom. The van der Waals surface area contributed by atoms with E-state index in [4.69, 9.17) is 4.74 Å². The van der Waals surface area contributed by atoms with Crippen LogP contribution in [0.1, 0.15) is 34.9 Å². The third kappa shape index (κ3) is 6.52. The van der Waals surface area contributed by atoms with Gasteiger partial charge in [0.25, 0.3) is 5.91 Å². The Bertz CT molecular complexity index is 817. The molecule has 0 saturated carbocycles. The van der Waals surface area contributed by atoms with Crippen LogP contribution in [0.3, 0.4) is 0 Å². The van der Waals surface area contributed by atoms with E-state index in [-0.39, 0.29) is 12.5 Å². The van der Waals surface area contributed by atoms with Gasteiger partial charge in [-0.1, -0.05) is 24.3 Å². The quantitative estimate of drug-likeness (QED) is 0.354. The highest BCUT2D eigenvalue weighted by atomic mass is 32.2. The number of carbonyl (C=O) groups is 2. The maximum Gasteiger partial charge on any atom is 0.339 e. The molecular weight excluding hydrogens is 380 g/mol. The minimum Gasteiger partial charge on any atom is -0.452 e. The van der Waals surface area contributed by atoms with Crippen molar-refractivity contribution in [3.8, 4) is 0 Å². The predicted octanol–water partition coefficient (Wildman–Crippen LogP) is 4.33. The van der Waals surface area contributed by atoms with Gasteiger partial charge in [-0.15, -0.1) is 23.1 Å². The van der Waals surface area contributed by atoms with Crippen LogP contribution in [0.5, 0.6) is 0 Å². The number of thiazole rings is 1. The van der Waals surface area contributed by atoms with Gasteiger partial charge in [-0.2, -0.15) is 0 Å². The predicted molar refractivity (Wildman–Crippen MR) is 110 cm³/mol. The summed E-state index contributed by atoms with van der Waals surface area (Å²) in [7, 11) is 0. The fourth-order valence-corrected chi connectivity index (χ4v) is 4.04. The zero-order chi connectivity index (χ0) is 19.8. The van der Waals surface area contributed by atoms with Gasteiger partial charge in [0.15, 0.2) is 6.61 Å². The van der Waals surface area contributed by atoms with Gasteiger partial charge < -0.3 is 9.64 Å². The lowest BCUT2D eigenvalue weighted by Gasteiger charge is -2.20. The number of ether oxygens (including phenoxy) is 1. The minimum absolute atomic E-state index is 0.225. The van der Waals surface area contributed by atoms with Gasteiger partial charge in [0.1, 0.15) is 0 Å². The zero-order valence-electron chi connectivity index (χ0n) is 15.9. The van der Waals surface area contributed by atoms with E-state index in [1.807, 2.05) is 38.3 Å². The van der Waals surface area contributed by atoms with Crippen LogP contribution in [0, 0.1) is 6.92 Å². The van der Waals surface area contributed by atoms with Crippen molar-refractivity contribution in [2.45, 2.75) is 31.4 Å². The molecule has 0 spiro atoms. The molecule has 0 bridgehead atoms. The molecule has 0 N–H and O–H groups in total. The van der Waals surface area contributed by atoms with E-state index in [1.54, 1.807) is 28.4 Å². The summed E-state index contributed by atoms with van der Waals surface area (Å²) >= 11 is 3.14. The second-order valence-electron chi connectivity index (χ2n) is 6.08. The van der Waals surface area contributed by atoms with E-state index in [0.717, 1.165) is 21.2 Å². The van der Waals surface area contributed by atoms with Gasteiger partial charge in [0, 0.05) is 29.1 Å². The lowest BCUT2D eigenvalue weighted by Crippen LogP contribution is -2.35. The Balaban J connectivity index is 1.97. The molecule has 5 nitrogen and oxygen atoms in total. The van der Waals surface area contributed by atoms with Crippen molar-refractivity contribution in [1.29, 1.82) is 0 Å². The summed E-state index contributed by atoms with van der Waals surface area (Å²) in [4.78, 5) is 31.6. The number of carbonyl (C=O) groups excluding carboxylic acids is 2. The fraction of sp³-hybridized carbons (Fsp3) is 0.350. The number of likely N-dealkylation sites (N-methyl/N-ethyl adjacent to an activating group) is 1. The first-order valence-electron chi connectivity index (χ1n) is 8.62.